The Morgan fingerprint density at radius 1 is 1.21 bits per heavy atom. The van der Waals surface area contributed by atoms with Crippen molar-refractivity contribution in [2.45, 2.75) is 18.9 Å². The van der Waals surface area contributed by atoms with E-state index in [0.29, 0.717) is 35.9 Å². The number of rotatable bonds is 4. The Labute approximate surface area is 176 Å². The molecule has 1 aromatic carbocycles. The predicted molar refractivity (Wildman–Crippen MR) is 111 cm³/mol. The minimum Gasteiger partial charge on any atom is -0.351 e. The van der Waals surface area contributed by atoms with Crippen LogP contribution in [0, 0.1) is 5.82 Å². The van der Waals surface area contributed by atoms with Crippen LogP contribution >= 0.6 is 23.2 Å². The number of aryl methyl sites for hydroxylation is 1. The second kappa shape index (κ2) is 7.58. The molecule has 0 unspecified atom stereocenters. The van der Waals surface area contributed by atoms with Crippen molar-refractivity contribution in [3.8, 4) is 0 Å². The summed E-state index contributed by atoms with van der Waals surface area (Å²) in [5.74, 6) is 0.417. The second-order valence-corrected chi connectivity index (χ2v) is 9.98. The second-order valence-electron chi connectivity index (χ2n) is 6.84. The van der Waals surface area contributed by atoms with Gasteiger partial charge in [-0.3, -0.25) is 4.57 Å². The van der Waals surface area contributed by atoms with Gasteiger partial charge in [-0.05, 0) is 25.0 Å². The fourth-order valence-corrected chi connectivity index (χ4v) is 5.16. The molecular weight excluding hydrogens is 442 g/mol. The smallest absolute Gasteiger partial charge is 0.224 e. The van der Waals surface area contributed by atoms with Gasteiger partial charge in [0, 0.05) is 18.1 Å². The van der Waals surface area contributed by atoms with E-state index in [4.69, 9.17) is 23.2 Å². The van der Waals surface area contributed by atoms with Crippen molar-refractivity contribution in [3.05, 3.63) is 34.2 Å². The molecule has 1 fully saturated rings. The number of aromatic nitrogens is 4. The molecule has 0 amide bonds. The van der Waals surface area contributed by atoms with Crippen molar-refractivity contribution >= 4 is 61.8 Å². The summed E-state index contributed by atoms with van der Waals surface area (Å²) in [5, 5.41) is 6.37. The van der Waals surface area contributed by atoms with Crippen LogP contribution in [-0.4, -0.2) is 45.5 Å². The fraction of sp³-hybridized carbons (Fsp3) is 0.353. The molecule has 0 bridgehead atoms. The van der Waals surface area contributed by atoms with Gasteiger partial charge in [0.1, 0.15) is 21.2 Å². The van der Waals surface area contributed by atoms with Gasteiger partial charge >= 0.3 is 0 Å². The third kappa shape index (κ3) is 4.24. The van der Waals surface area contributed by atoms with Gasteiger partial charge in [0.05, 0.1) is 28.4 Å². The number of anilines is 3. The summed E-state index contributed by atoms with van der Waals surface area (Å²) in [7, 11) is -1.21. The van der Waals surface area contributed by atoms with Crippen LogP contribution in [0.15, 0.2) is 18.3 Å². The van der Waals surface area contributed by atoms with Crippen molar-refractivity contribution in [2.75, 3.05) is 22.1 Å². The molecule has 1 aliphatic heterocycles. The molecule has 0 atom stereocenters. The first kappa shape index (κ1) is 20.1. The standard InChI is InChI=1S/C17H17Cl2FN6O2S/c1-26-15-13(23-17(26)24-14-11(19)6-9(18)7-12(14)20)8-21-16(25-15)22-10-2-4-29(27,28)5-3-10/h6-8,10H,2-5H2,1H3,(H,23,24)(H,21,22,25). The zero-order valence-electron chi connectivity index (χ0n) is 15.3. The normalized spacial score (nSPS) is 16.8. The van der Waals surface area contributed by atoms with Crippen LogP contribution in [0.5, 0.6) is 0 Å². The third-order valence-corrected chi connectivity index (χ3v) is 6.98. The van der Waals surface area contributed by atoms with Gasteiger partial charge in [-0.1, -0.05) is 23.2 Å². The number of hydrogen-bond acceptors (Lipinski definition) is 7. The molecule has 2 N–H and O–H groups in total. The number of nitrogens with zero attached hydrogens (tertiary/aromatic N) is 4. The summed E-state index contributed by atoms with van der Waals surface area (Å²) in [6.45, 7) is 0. The summed E-state index contributed by atoms with van der Waals surface area (Å²) < 4.78 is 39.0. The number of hydrogen-bond donors (Lipinski definition) is 2. The topological polar surface area (TPSA) is 102 Å². The van der Waals surface area contributed by atoms with E-state index in [9.17, 15) is 12.8 Å². The van der Waals surface area contributed by atoms with E-state index in [0.717, 1.165) is 6.07 Å². The average Bonchev–Trinajstić information content (AvgIpc) is 2.95. The van der Waals surface area contributed by atoms with Crippen LogP contribution in [0.1, 0.15) is 12.8 Å². The van der Waals surface area contributed by atoms with E-state index >= 15 is 0 Å². The van der Waals surface area contributed by atoms with Gasteiger partial charge in [-0.15, -0.1) is 0 Å². The third-order valence-electron chi connectivity index (χ3n) is 4.74. The maximum Gasteiger partial charge on any atom is 0.224 e. The molecule has 2 aromatic heterocycles. The van der Waals surface area contributed by atoms with Gasteiger partial charge in [0.15, 0.2) is 5.65 Å². The Morgan fingerprint density at radius 2 is 1.93 bits per heavy atom. The maximum atomic E-state index is 14.2. The molecule has 1 aliphatic rings. The minimum atomic E-state index is -2.94. The molecule has 4 rings (SSSR count). The summed E-state index contributed by atoms with van der Waals surface area (Å²) in [4.78, 5) is 13.1. The van der Waals surface area contributed by atoms with Gasteiger partial charge in [-0.25, -0.2) is 22.8 Å². The number of fused-ring (bicyclic) bond motifs is 1. The van der Waals surface area contributed by atoms with Gasteiger partial charge in [-0.2, -0.15) is 4.98 Å². The zero-order chi connectivity index (χ0) is 20.8. The van der Waals surface area contributed by atoms with Gasteiger partial charge in [0.2, 0.25) is 11.9 Å². The Balaban J connectivity index is 1.58. The van der Waals surface area contributed by atoms with Crippen molar-refractivity contribution in [1.29, 1.82) is 0 Å². The maximum absolute atomic E-state index is 14.2. The molecule has 3 aromatic rings. The van der Waals surface area contributed by atoms with E-state index in [-0.39, 0.29) is 33.3 Å². The highest BCUT2D eigenvalue weighted by Gasteiger charge is 2.24. The van der Waals surface area contributed by atoms with E-state index in [2.05, 4.69) is 25.6 Å². The first-order valence-corrected chi connectivity index (χ1v) is 11.4. The number of benzene rings is 1. The van der Waals surface area contributed by atoms with Crippen LogP contribution in [-0.2, 0) is 16.9 Å². The highest BCUT2D eigenvalue weighted by Crippen LogP contribution is 2.32. The molecule has 3 heterocycles. The van der Waals surface area contributed by atoms with Crippen molar-refractivity contribution < 1.29 is 12.8 Å². The lowest BCUT2D eigenvalue weighted by Gasteiger charge is -2.22. The molecule has 1 saturated heterocycles. The molecule has 0 saturated carbocycles. The van der Waals surface area contributed by atoms with Crippen LogP contribution in [0.3, 0.4) is 0 Å². The minimum absolute atomic E-state index is 0.0104. The van der Waals surface area contributed by atoms with Gasteiger partial charge in [0.25, 0.3) is 0 Å². The van der Waals surface area contributed by atoms with E-state index in [1.54, 1.807) is 17.8 Å². The molecule has 0 aliphatic carbocycles. The molecule has 0 spiro atoms. The summed E-state index contributed by atoms with van der Waals surface area (Å²) in [5.41, 5.74) is 1.10. The molecular formula is C17H17Cl2FN6O2S. The highest BCUT2D eigenvalue weighted by molar-refractivity contribution is 7.91. The monoisotopic (exact) mass is 458 g/mol. The van der Waals surface area contributed by atoms with Crippen LogP contribution < -0.4 is 10.6 Å². The largest absolute Gasteiger partial charge is 0.351 e. The first-order chi connectivity index (χ1) is 13.7. The molecule has 154 valence electrons. The lowest BCUT2D eigenvalue weighted by Crippen LogP contribution is -2.32. The molecule has 29 heavy (non-hydrogen) atoms. The van der Waals surface area contributed by atoms with E-state index in [1.807, 2.05) is 0 Å². The van der Waals surface area contributed by atoms with E-state index in [1.165, 1.54) is 6.07 Å². The fourth-order valence-electron chi connectivity index (χ4n) is 3.15. The number of halogens is 3. The molecule has 0 radical (unpaired) electrons. The Bertz CT molecular complexity index is 1160. The average molecular weight is 459 g/mol. The van der Waals surface area contributed by atoms with Crippen molar-refractivity contribution in [1.82, 2.24) is 19.5 Å². The number of sulfone groups is 1. The van der Waals surface area contributed by atoms with Gasteiger partial charge < -0.3 is 10.6 Å². The lowest BCUT2D eigenvalue weighted by molar-refractivity contribution is 0.558. The van der Waals surface area contributed by atoms with Crippen molar-refractivity contribution in [2.24, 2.45) is 7.05 Å². The predicted octanol–water partition coefficient (Wildman–Crippen LogP) is 3.54. The number of nitrogens with one attached hydrogen (secondary N) is 2. The summed E-state index contributed by atoms with van der Waals surface area (Å²) in [6, 6.07) is 2.58. The quantitative estimate of drug-likeness (QED) is 0.616. The summed E-state index contributed by atoms with van der Waals surface area (Å²) >= 11 is 11.9. The molecule has 8 nitrogen and oxygen atoms in total. The zero-order valence-corrected chi connectivity index (χ0v) is 17.6. The van der Waals surface area contributed by atoms with Crippen molar-refractivity contribution in [3.63, 3.8) is 0 Å². The summed E-state index contributed by atoms with van der Waals surface area (Å²) in [6.07, 6.45) is 2.57. The Morgan fingerprint density at radius 3 is 2.62 bits per heavy atom. The molecule has 12 heteroatoms. The Hall–Kier alpha value is -2.17. The number of imidazole rings is 1. The first-order valence-electron chi connectivity index (χ1n) is 8.80. The van der Waals surface area contributed by atoms with Crippen LogP contribution in [0.2, 0.25) is 10.0 Å². The lowest BCUT2D eigenvalue weighted by atomic mass is 10.2. The van der Waals surface area contributed by atoms with Crippen LogP contribution in [0.25, 0.3) is 11.2 Å². The Kier molecular flexibility index (Phi) is 5.26. The van der Waals surface area contributed by atoms with E-state index < -0.39 is 15.7 Å². The SMILES string of the molecule is Cn1c(Nc2c(F)cc(Cl)cc2Cl)nc2cnc(NC3CCS(=O)(=O)CC3)nc21. The highest BCUT2D eigenvalue weighted by atomic mass is 35.5. The van der Waals surface area contributed by atoms with Crippen LogP contribution in [0.4, 0.5) is 22.0 Å².